The molecular weight excluding hydrogens is 306 g/mol. The number of hydrogen-bond acceptors (Lipinski definition) is 3. The summed E-state index contributed by atoms with van der Waals surface area (Å²) in [6.45, 7) is 8.26. The van der Waals surface area contributed by atoms with Gasteiger partial charge in [0.15, 0.2) is 0 Å². The first kappa shape index (κ1) is 18.7. The Hall–Kier alpha value is -1.59. The average Bonchev–Trinajstić information content (AvgIpc) is 3.33. The molecule has 1 saturated heterocycles. The Bertz CT molecular complexity index is 474. The smallest absolute Gasteiger partial charge is 0.224 e. The summed E-state index contributed by atoms with van der Waals surface area (Å²) < 4.78 is 0. The van der Waals surface area contributed by atoms with Gasteiger partial charge in [0.1, 0.15) is 0 Å². The molecule has 6 heteroatoms. The second kappa shape index (κ2) is 8.49. The van der Waals surface area contributed by atoms with E-state index in [0.29, 0.717) is 50.7 Å². The van der Waals surface area contributed by atoms with Gasteiger partial charge in [-0.3, -0.25) is 14.4 Å². The van der Waals surface area contributed by atoms with Crippen molar-refractivity contribution in [2.75, 3.05) is 26.2 Å². The molecule has 24 heavy (non-hydrogen) atoms. The van der Waals surface area contributed by atoms with Crippen molar-refractivity contribution in [2.24, 2.45) is 11.8 Å². The van der Waals surface area contributed by atoms with E-state index in [0.717, 1.165) is 6.54 Å². The third kappa shape index (κ3) is 5.49. The second-order valence-electron chi connectivity index (χ2n) is 7.48. The highest BCUT2D eigenvalue weighted by molar-refractivity contribution is 5.80. The molecule has 1 saturated carbocycles. The van der Waals surface area contributed by atoms with E-state index in [2.05, 4.69) is 19.2 Å². The fourth-order valence-electron chi connectivity index (χ4n) is 3.25. The van der Waals surface area contributed by atoms with Gasteiger partial charge in [-0.15, -0.1) is 0 Å². The first-order valence-electron chi connectivity index (χ1n) is 9.20. The molecule has 0 aromatic rings. The van der Waals surface area contributed by atoms with Crippen LogP contribution in [-0.4, -0.2) is 59.7 Å². The molecule has 0 aromatic carbocycles. The molecule has 0 aromatic heterocycles. The lowest BCUT2D eigenvalue weighted by atomic mass is 10.0. The van der Waals surface area contributed by atoms with Gasteiger partial charge in [0, 0.05) is 45.9 Å². The van der Waals surface area contributed by atoms with Crippen molar-refractivity contribution in [3.63, 3.8) is 0 Å². The minimum absolute atomic E-state index is 0.0709. The lowest BCUT2D eigenvalue weighted by Crippen LogP contribution is -2.48. The minimum atomic E-state index is -0.0709. The molecule has 1 heterocycles. The molecular formula is C18H31N3O3. The maximum atomic E-state index is 12.5. The molecule has 0 bridgehead atoms. The van der Waals surface area contributed by atoms with Gasteiger partial charge < -0.3 is 15.1 Å². The fraction of sp³-hybridized carbons (Fsp3) is 0.833. The first-order valence-corrected chi connectivity index (χ1v) is 9.20. The maximum absolute atomic E-state index is 12.5. The Kier molecular flexibility index (Phi) is 6.63. The van der Waals surface area contributed by atoms with Gasteiger partial charge in [0.2, 0.25) is 17.7 Å². The number of amides is 3. The molecule has 0 radical (unpaired) electrons. The Balaban J connectivity index is 1.92. The quantitative estimate of drug-likeness (QED) is 0.714. The van der Waals surface area contributed by atoms with E-state index >= 15 is 0 Å². The van der Waals surface area contributed by atoms with Crippen molar-refractivity contribution < 1.29 is 14.4 Å². The summed E-state index contributed by atoms with van der Waals surface area (Å²) in [4.78, 5) is 39.8. The minimum Gasteiger partial charge on any atom is -0.356 e. The average molecular weight is 337 g/mol. The number of carbonyl (C=O) groups is 3. The first-order chi connectivity index (χ1) is 11.4. The summed E-state index contributed by atoms with van der Waals surface area (Å²) in [7, 11) is 0. The van der Waals surface area contributed by atoms with Crippen molar-refractivity contribution in [2.45, 2.75) is 58.9 Å². The van der Waals surface area contributed by atoms with Crippen LogP contribution in [0.2, 0.25) is 0 Å². The molecule has 1 aliphatic heterocycles. The zero-order valence-corrected chi connectivity index (χ0v) is 15.2. The SMILES string of the molecule is CC(=O)NCCCC(=O)N1CCC(=O)N(CC2CC2)C(C(C)C)C1. The van der Waals surface area contributed by atoms with Gasteiger partial charge in [-0.1, -0.05) is 13.8 Å². The van der Waals surface area contributed by atoms with Crippen LogP contribution in [0.1, 0.15) is 52.9 Å². The third-order valence-corrected chi connectivity index (χ3v) is 4.94. The molecule has 0 spiro atoms. The summed E-state index contributed by atoms with van der Waals surface area (Å²) in [5, 5.41) is 2.71. The molecule has 2 rings (SSSR count). The van der Waals surface area contributed by atoms with Gasteiger partial charge in [-0.25, -0.2) is 0 Å². The van der Waals surface area contributed by atoms with E-state index in [-0.39, 0.29) is 23.8 Å². The van der Waals surface area contributed by atoms with Gasteiger partial charge in [-0.05, 0) is 31.1 Å². The molecule has 2 aliphatic rings. The van der Waals surface area contributed by atoms with E-state index in [1.807, 2.05) is 9.80 Å². The van der Waals surface area contributed by atoms with Gasteiger partial charge in [-0.2, -0.15) is 0 Å². The van der Waals surface area contributed by atoms with Gasteiger partial charge >= 0.3 is 0 Å². The van der Waals surface area contributed by atoms with E-state index in [9.17, 15) is 14.4 Å². The standard InChI is InChI=1S/C18H31N3O3/c1-13(2)16-12-20(17(23)5-4-9-19-14(3)22)10-8-18(24)21(16)11-15-6-7-15/h13,15-16H,4-12H2,1-3H3,(H,19,22). The van der Waals surface area contributed by atoms with Crippen LogP contribution in [0.4, 0.5) is 0 Å². The van der Waals surface area contributed by atoms with Crippen molar-refractivity contribution >= 4 is 17.7 Å². The van der Waals surface area contributed by atoms with E-state index in [1.165, 1.54) is 19.8 Å². The van der Waals surface area contributed by atoms with Gasteiger partial charge in [0.25, 0.3) is 0 Å². The molecule has 1 atom stereocenters. The van der Waals surface area contributed by atoms with E-state index in [1.54, 1.807) is 0 Å². The summed E-state index contributed by atoms with van der Waals surface area (Å²) in [6.07, 6.45) is 3.93. The van der Waals surface area contributed by atoms with Crippen molar-refractivity contribution in [1.82, 2.24) is 15.1 Å². The van der Waals surface area contributed by atoms with Crippen LogP contribution < -0.4 is 5.32 Å². The predicted octanol–water partition coefficient (Wildman–Crippen LogP) is 1.40. The topological polar surface area (TPSA) is 69.7 Å². The van der Waals surface area contributed by atoms with Crippen molar-refractivity contribution in [1.29, 1.82) is 0 Å². The summed E-state index contributed by atoms with van der Waals surface area (Å²) in [6, 6.07) is 0.111. The zero-order valence-electron chi connectivity index (χ0n) is 15.2. The summed E-state index contributed by atoms with van der Waals surface area (Å²) in [5.41, 5.74) is 0. The normalized spacial score (nSPS) is 21.8. The molecule has 1 aliphatic carbocycles. The van der Waals surface area contributed by atoms with Crippen LogP contribution in [0, 0.1) is 11.8 Å². The number of rotatable bonds is 7. The Morgan fingerprint density at radius 3 is 2.58 bits per heavy atom. The van der Waals surface area contributed by atoms with Crippen LogP contribution >= 0.6 is 0 Å². The van der Waals surface area contributed by atoms with Crippen LogP contribution in [0.3, 0.4) is 0 Å². The third-order valence-electron chi connectivity index (χ3n) is 4.94. The molecule has 6 nitrogen and oxygen atoms in total. The number of nitrogens with zero attached hydrogens (tertiary/aromatic N) is 2. The maximum Gasteiger partial charge on any atom is 0.224 e. The molecule has 3 amide bonds. The largest absolute Gasteiger partial charge is 0.356 e. The van der Waals surface area contributed by atoms with Crippen LogP contribution in [-0.2, 0) is 14.4 Å². The molecule has 1 unspecified atom stereocenters. The predicted molar refractivity (Wildman–Crippen MR) is 92.2 cm³/mol. The summed E-state index contributed by atoms with van der Waals surface area (Å²) >= 11 is 0. The molecule has 2 fully saturated rings. The Morgan fingerprint density at radius 1 is 1.29 bits per heavy atom. The highest BCUT2D eigenvalue weighted by Gasteiger charge is 2.36. The highest BCUT2D eigenvalue weighted by atomic mass is 16.2. The van der Waals surface area contributed by atoms with Crippen molar-refractivity contribution in [3.05, 3.63) is 0 Å². The Labute approximate surface area is 144 Å². The summed E-state index contributed by atoms with van der Waals surface area (Å²) in [5.74, 6) is 1.20. The van der Waals surface area contributed by atoms with Crippen LogP contribution in [0.25, 0.3) is 0 Å². The lowest BCUT2D eigenvalue weighted by molar-refractivity contribution is -0.134. The molecule has 1 N–H and O–H groups in total. The number of carbonyl (C=O) groups excluding carboxylic acids is 3. The highest BCUT2D eigenvalue weighted by Crippen LogP contribution is 2.32. The van der Waals surface area contributed by atoms with E-state index in [4.69, 9.17) is 0 Å². The van der Waals surface area contributed by atoms with Crippen LogP contribution in [0.5, 0.6) is 0 Å². The second-order valence-corrected chi connectivity index (χ2v) is 7.48. The zero-order chi connectivity index (χ0) is 17.7. The van der Waals surface area contributed by atoms with Gasteiger partial charge in [0.05, 0.1) is 6.04 Å². The van der Waals surface area contributed by atoms with Crippen LogP contribution in [0.15, 0.2) is 0 Å². The fourth-order valence-corrected chi connectivity index (χ4v) is 3.25. The van der Waals surface area contributed by atoms with Crippen molar-refractivity contribution in [3.8, 4) is 0 Å². The number of hydrogen-bond donors (Lipinski definition) is 1. The van der Waals surface area contributed by atoms with E-state index < -0.39 is 0 Å². The molecule has 136 valence electrons. The monoisotopic (exact) mass is 337 g/mol. The Morgan fingerprint density at radius 2 is 2.00 bits per heavy atom. The lowest BCUT2D eigenvalue weighted by Gasteiger charge is -2.34. The number of nitrogens with one attached hydrogen (secondary N) is 1.